The first-order chi connectivity index (χ1) is 12.0. The van der Waals surface area contributed by atoms with Crippen LogP contribution < -0.4 is 21.1 Å². The number of carboxylic acid groups (broad SMARTS) is 1. The minimum atomic E-state index is -1.24. The molecule has 0 aliphatic carbocycles. The minimum absolute atomic E-state index is 0.137. The van der Waals surface area contributed by atoms with Gasteiger partial charge in [0, 0.05) is 11.4 Å². The van der Waals surface area contributed by atoms with Gasteiger partial charge in [0.2, 0.25) is 5.91 Å². The van der Waals surface area contributed by atoms with Gasteiger partial charge in [-0.1, -0.05) is 30.3 Å². The Morgan fingerprint density at radius 3 is 2.48 bits per heavy atom. The van der Waals surface area contributed by atoms with Crippen molar-refractivity contribution in [1.82, 2.24) is 0 Å². The highest BCUT2D eigenvalue weighted by Gasteiger charge is 2.18. The van der Waals surface area contributed by atoms with Crippen molar-refractivity contribution in [3.05, 3.63) is 60.2 Å². The highest BCUT2D eigenvalue weighted by atomic mass is 16.4. The molecule has 2 aromatic rings. The summed E-state index contributed by atoms with van der Waals surface area (Å²) in [5, 5.41) is 18.8. The van der Waals surface area contributed by atoms with E-state index in [1.165, 1.54) is 0 Å². The number of nitrogens with one attached hydrogen (secondary N) is 2. The number of amides is 1. The predicted molar refractivity (Wildman–Crippen MR) is 94.9 cm³/mol. The third-order valence-electron chi connectivity index (χ3n) is 3.71. The third-order valence-corrected chi connectivity index (χ3v) is 3.71. The summed E-state index contributed by atoms with van der Waals surface area (Å²) in [4.78, 5) is 23.2. The molecule has 0 spiro atoms. The molecule has 0 saturated heterocycles. The zero-order valence-corrected chi connectivity index (χ0v) is 14.2. The average molecular weight is 341 g/mol. The number of carbonyl (C=O) groups is 2. The van der Waals surface area contributed by atoms with Gasteiger partial charge in [-0.25, -0.2) is 0 Å². The Bertz CT molecular complexity index is 704. The van der Waals surface area contributed by atoms with Crippen LogP contribution in [0.4, 0.5) is 11.4 Å². The molecule has 2 aromatic carbocycles. The molecule has 0 fully saturated rings. The molecule has 0 bridgehead atoms. The summed E-state index contributed by atoms with van der Waals surface area (Å²) < 4.78 is 0. The van der Waals surface area contributed by atoms with Crippen LogP contribution in [-0.4, -0.2) is 31.0 Å². The summed E-state index contributed by atoms with van der Waals surface area (Å²) in [5.74, 6) is -1.58. The predicted octanol–water partition coefficient (Wildman–Crippen LogP) is 0.118. The van der Waals surface area contributed by atoms with Crippen LogP contribution in [0.2, 0.25) is 0 Å². The summed E-state index contributed by atoms with van der Waals surface area (Å²) in [6, 6.07) is 16.0. The Balaban J connectivity index is 1.76. The number of nitrogens with two attached hydrogens (primary N) is 1. The van der Waals surface area contributed by atoms with Crippen molar-refractivity contribution < 1.29 is 20.0 Å². The highest BCUT2D eigenvalue weighted by Crippen LogP contribution is 2.08. The van der Waals surface area contributed by atoms with E-state index >= 15 is 0 Å². The third kappa shape index (κ3) is 6.64. The van der Waals surface area contributed by atoms with Crippen LogP contribution in [-0.2, 0) is 9.59 Å². The maximum absolute atomic E-state index is 12.0. The zero-order valence-electron chi connectivity index (χ0n) is 14.2. The molecule has 1 amide bonds. The van der Waals surface area contributed by atoms with Crippen LogP contribution in [0.3, 0.4) is 0 Å². The van der Waals surface area contributed by atoms with Gasteiger partial charge in [-0.3, -0.25) is 4.79 Å². The van der Waals surface area contributed by atoms with Crippen molar-refractivity contribution in [1.29, 1.82) is 0 Å². The van der Waals surface area contributed by atoms with Gasteiger partial charge in [0.1, 0.15) is 6.04 Å². The molecule has 0 saturated carbocycles. The van der Waals surface area contributed by atoms with E-state index in [9.17, 15) is 14.7 Å². The lowest BCUT2D eigenvalue weighted by molar-refractivity contribution is -0.680. The fourth-order valence-corrected chi connectivity index (χ4v) is 2.45. The minimum Gasteiger partial charge on any atom is -0.544 e. The Hall–Kier alpha value is -2.86. The number of anilines is 2. The largest absolute Gasteiger partial charge is 0.544 e. The molecule has 4 N–H and O–H groups in total. The molecule has 25 heavy (non-hydrogen) atoms. The van der Waals surface area contributed by atoms with E-state index in [4.69, 9.17) is 0 Å². The molecule has 0 heterocycles. The number of carbonyl (C=O) groups excluding carboxylic acids is 2. The van der Waals surface area contributed by atoms with E-state index in [0.29, 0.717) is 18.8 Å². The smallest absolute Gasteiger partial charge is 0.230 e. The topological polar surface area (TPSA) is 97.9 Å². The number of aryl methyl sites for hydroxylation is 1. The quantitative estimate of drug-likeness (QED) is 0.564. The lowest BCUT2D eigenvalue weighted by atomic mass is 10.2. The van der Waals surface area contributed by atoms with E-state index in [1.807, 2.05) is 37.3 Å². The van der Waals surface area contributed by atoms with Gasteiger partial charge in [0.25, 0.3) is 0 Å². The standard InChI is InChI=1S/C19H23N3O3/c1-14-6-5-9-16(12-14)20-10-11-21-17(19(24)25)13-18(23)22-15-7-3-2-4-8-15/h2-9,12,17,20-21H,10-11,13H2,1H3,(H,22,23)(H,24,25)/t17-/m0/s1. The van der Waals surface area contributed by atoms with Crippen LogP contribution in [0.25, 0.3) is 0 Å². The maximum Gasteiger partial charge on any atom is 0.230 e. The molecule has 6 nitrogen and oxygen atoms in total. The summed E-state index contributed by atoms with van der Waals surface area (Å²) in [5.41, 5.74) is 2.78. The van der Waals surface area contributed by atoms with E-state index in [2.05, 4.69) is 10.6 Å². The summed E-state index contributed by atoms with van der Waals surface area (Å²) in [6.07, 6.45) is -0.137. The summed E-state index contributed by atoms with van der Waals surface area (Å²) >= 11 is 0. The zero-order chi connectivity index (χ0) is 18.1. The molecular formula is C19H23N3O3. The number of rotatable bonds is 9. The first-order valence-electron chi connectivity index (χ1n) is 8.24. The lowest BCUT2D eigenvalue weighted by Crippen LogP contribution is -2.94. The Morgan fingerprint density at radius 1 is 1.08 bits per heavy atom. The maximum atomic E-state index is 12.0. The SMILES string of the molecule is Cc1cccc(NCC[NH2+][C@@H](CC(=O)Nc2ccccc2)C(=O)[O-])c1. The van der Waals surface area contributed by atoms with E-state index < -0.39 is 12.0 Å². The van der Waals surface area contributed by atoms with Crippen LogP contribution in [0.15, 0.2) is 54.6 Å². The monoisotopic (exact) mass is 341 g/mol. The number of aliphatic carboxylic acids is 1. The molecule has 1 atom stereocenters. The number of hydrogen-bond acceptors (Lipinski definition) is 4. The lowest BCUT2D eigenvalue weighted by Gasteiger charge is -2.17. The molecular weight excluding hydrogens is 318 g/mol. The fourth-order valence-electron chi connectivity index (χ4n) is 2.45. The fraction of sp³-hybridized carbons (Fsp3) is 0.263. The van der Waals surface area contributed by atoms with Gasteiger partial charge in [0.15, 0.2) is 0 Å². The van der Waals surface area contributed by atoms with Crippen LogP contribution >= 0.6 is 0 Å². The number of benzene rings is 2. The second kappa shape index (κ2) is 9.44. The highest BCUT2D eigenvalue weighted by molar-refractivity contribution is 5.93. The normalized spacial score (nSPS) is 11.6. The number of quaternary nitrogens is 1. The second-order valence-corrected chi connectivity index (χ2v) is 5.86. The second-order valence-electron chi connectivity index (χ2n) is 5.86. The summed E-state index contributed by atoms with van der Waals surface area (Å²) in [6.45, 7) is 3.12. The molecule has 0 aliphatic heterocycles. The van der Waals surface area contributed by atoms with Gasteiger partial charge in [-0.2, -0.15) is 0 Å². The van der Waals surface area contributed by atoms with Crippen LogP contribution in [0, 0.1) is 6.92 Å². The van der Waals surface area contributed by atoms with Crippen molar-refractivity contribution in [2.24, 2.45) is 0 Å². The van der Waals surface area contributed by atoms with E-state index in [0.717, 1.165) is 11.3 Å². The number of carboxylic acids is 1. The van der Waals surface area contributed by atoms with E-state index in [-0.39, 0.29) is 12.3 Å². The Labute approximate surface area is 147 Å². The number of para-hydroxylation sites is 1. The Kier molecular flexibility index (Phi) is 6.98. The van der Waals surface area contributed by atoms with Crippen molar-refractivity contribution >= 4 is 23.3 Å². The van der Waals surface area contributed by atoms with Gasteiger partial charge in [-0.05, 0) is 36.8 Å². The van der Waals surface area contributed by atoms with Crippen LogP contribution in [0.5, 0.6) is 0 Å². The molecule has 132 valence electrons. The van der Waals surface area contributed by atoms with Crippen molar-refractivity contribution in [2.45, 2.75) is 19.4 Å². The van der Waals surface area contributed by atoms with Crippen molar-refractivity contribution in [3.8, 4) is 0 Å². The Morgan fingerprint density at radius 2 is 1.80 bits per heavy atom. The summed E-state index contributed by atoms with van der Waals surface area (Å²) in [7, 11) is 0. The van der Waals surface area contributed by atoms with Crippen molar-refractivity contribution in [2.75, 3.05) is 23.7 Å². The number of hydrogen-bond donors (Lipinski definition) is 3. The van der Waals surface area contributed by atoms with Gasteiger partial charge >= 0.3 is 0 Å². The van der Waals surface area contributed by atoms with Gasteiger partial charge < -0.3 is 25.9 Å². The molecule has 0 radical (unpaired) electrons. The van der Waals surface area contributed by atoms with Gasteiger partial charge in [0.05, 0.1) is 25.5 Å². The molecule has 0 aliphatic rings. The first-order valence-corrected chi connectivity index (χ1v) is 8.24. The van der Waals surface area contributed by atoms with Crippen molar-refractivity contribution in [3.63, 3.8) is 0 Å². The first kappa shape index (κ1) is 18.5. The molecule has 6 heteroatoms. The molecule has 0 aromatic heterocycles. The average Bonchev–Trinajstić information content (AvgIpc) is 2.58. The van der Waals surface area contributed by atoms with Gasteiger partial charge in [-0.15, -0.1) is 0 Å². The molecule has 2 rings (SSSR count). The van der Waals surface area contributed by atoms with E-state index in [1.54, 1.807) is 29.6 Å². The molecule has 0 unspecified atom stereocenters. The van der Waals surface area contributed by atoms with Crippen LogP contribution in [0.1, 0.15) is 12.0 Å².